The molecule has 0 bridgehead atoms. The van der Waals surface area contributed by atoms with Crippen LogP contribution in [0.1, 0.15) is 27.7 Å². The number of hydrogen-bond acceptors (Lipinski definition) is 5. The van der Waals surface area contributed by atoms with Crippen LogP contribution in [0, 0.1) is 10.1 Å². The fourth-order valence-corrected chi connectivity index (χ4v) is 3.17. The van der Waals surface area contributed by atoms with Crippen molar-refractivity contribution in [3.8, 4) is 11.5 Å². The van der Waals surface area contributed by atoms with E-state index in [1.165, 1.54) is 11.0 Å². The van der Waals surface area contributed by atoms with Gasteiger partial charge in [0.15, 0.2) is 18.4 Å². The number of rotatable bonds is 5. The van der Waals surface area contributed by atoms with E-state index in [2.05, 4.69) is 61.4 Å². The molecule has 3 rings (SSSR count). The molecule has 7 nitrogen and oxygen atoms in total. The summed E-state index contributed by atoms with van der Waals surface area (Å²) in [6, 6.07) is 12.5. The molecule has 0 saturated heterocycles. The predicted molar refractivity (Wildman–Crippen MR) is 113 cm³/mol. The van der Waals surface area contributed by atoms with Gasteiger partial charge in [-0.05, 0) is 45.9 Å². The van der Waals surface area contributed by atoms with Crippen molar-refractivity contribution >= 4 is 16.8 Å². The maximum absolute atomic E-state index is 8.81. The number of hydrogen-bond donors (Lipinski definition) is 0. The van der Waals surface area contributed by atoms with Crippen LogP contribution < -0.4 is 14.8 Å². The van der Waals surface area contributed by atoms with Crippen molar-refractivity contribution in [3.63, 3.8) is 0 Å². The van der Waals surface area contributed by atoms with Crippen molar-refractivity contribution in [2.45, 2.75) is 27.7 Å². The fourth-order valence-electron chi connectivity index (χ4n) is 3.17. The van der Waals surface area contributed by atoms with Gasteiger partial charge in [0.25, 0.3) is 0 Å². The summed E-state index contributed by atoms with van der Waals surface area (Å²) in [5, 5.41) is 9.98. The highest BCUT2D eigenvalue weighted by atomic mass is 16.6. The predicted octanol–water partition coefficient (Wildman–Crippen LogP) is 3.48. The zero-order valence-corrected chi connectivity index (χ0v) is 17.3. The van der Waals surface area contributed by atoms with Gasteiger partial charge in [-0.3, -0.25) is 10.1 Å². The van der Waals surface area contributed by atoms with Crippen LogP contribution in [0.5, 0.6) is 0 Å². The van der Waals surface area contributed by atoms with E-state index >= 15 is 0 Å². The van der Waals surface area contributed by atoms with Gasteiger partial charge in [-0.15, -0.1) is 0 Å². The minimum Gasteiger partial charge on any atom is -0.452 e. The van der Waals surface area contributed by atoms with Crippen LogP contribution in [-0.2, 0) is 0 Å². The van der Waals surface area contributed by atoms with Gasteiger partial charge in [-0.2, -0.15) is 0 Å². The number of aromatic nitrogens is 1. The summed E-state index contributed by atoms with van der Waals surface area (Å²) in [6.07, 6.45) is 0. The highest BCUT2D eigenvalue weighted by molar-refractivity contribution is 5.80. The molecule has 0 radical (unpaired) electrons. The zero-order chi connectivity index (χ0) is 20.7. The smallest absolute Gasteiger partial charge is 0.203 e. The molecule has 2 aliphatic rings. The summed E-state index contributed by atoms with van der Waals surface area (Å²) >= 11 is 0. The van der Waals surface area contributed by atoms with Crippen molar-refractivity contribution in [2.24, 2.45) is 0 Å². The van der Waals surface area contributed by atoms with E-state index in [0.29, 0.717) is 0 Å². The first-order chi connectivity index (χ1) is 13.4. The van der Waals surface area contributed by atoms with E-state index in [0.717, 1.165) is 55.8 Å². The summed E-state index contributed by atoms with van der Waals surface area (Å²) in [5.41, 5.74) is 3.81. The normalized spacial score (nSPS) is 10.5. The molecule has 0 atom stereocenters. The van der Waals surface area contributed by atoms with Gasteiger partial charge in [0.1, 0.15) is 24.3 Å². The van der Waals surface area contributed by atoms with Gasteiger partial charge in [0, 0.05) is 35.8 Å². The lowest BCUT2D eigenvalue weighted by Crippen LogP contribution is -2.29. The molecule has 28 heavy (non-hydrogen) atoms. The standard InChI is InChI=1S/C20H26N3O.CH3NO2/c1-5-22(6-2)15-9-11-17-19(13-15)24-20-14-16(23(7-3)8-4)10-12-18(20)21-17;1-2(3)4/h9-14H,5-8H2,1-4H3;1H3/q+1;. The Morgan fingerprint density at radius 2 is 1.68 bits per heavy atom. The van der Waals surface area contributed by atoms with E-state index in [9.17, 15) is 0 Å². The number of nitrogens with zero attached hydrogens (tertiary/aromatic N) is 4. The van der Waals surface area contributed by atoms with E-state index in [1.54, 1.807) is 0 Å². The minimum absolute atomic E-state index is 0.500. The largest absolute Gasteiger partial charge is 0.452 e. The van der Waals surface area contributed by atoms with Crippen molar-refractivity contribution in [1.82, 2.24) is 9.56 Å². The van der Waals surface area contributed by atoms with E-state index in [1.807, 2.05) is 12.1 Å². The Morgan fingerprint density at radius 3 is 2.25 bits per heavy atom. The third-order valence-corrected chi connectivity index (χ3v) is 4.60. The number of anilines is 1. The molecule has 0 aromatic heterocycles. The molecule has 1 heterocycles. The zero-order valence-electron chi connectivity index (χ0n) is 17.3. The van der Waals surface area contributed by atoms with Gasteiger partial charge >= 0.3 is 0 Å². The van der Waals surface area contributed by atoms with Crippen LogP contribution in [-0.4, -0.2) is 43.1 Å². The van der Waals surface area contributed by atoms with E-state index < -0.39 is 4.92 Å². The van der Waals surface area contributed by atoms with Gasteiger partial charge in [0.2, 0.25) is 5.36 Å². The topological polar surface area (TPSA) is 75.4 Å². The summed E-state index contributed by atoms with van der Waals surface area (Å²) in [7, 11) is 0.889. The minimum atomic E-state index is -0.500. The van der Waals surface area contributed by atoms with Gasteiger partial charge in [-0.25, -0.2) is 9.56 Å². The molecule has 1 aliphatic carbocycles. The quantitative estimate of drug-likeness (QED) is 0.291. The summed E-state index contributed by atoms with van der Waals surface area (Å²) < 4.78 is 8.50. The lowest BCUT2D eigenvalue weighted by atomic mass is 10.2. The highest BCUT2D eigenvalue weighted by Gasteiger charge is 2.12. The van der Waals surface area contributed by atoms with Gasteiger partial charge < -0.3 is 9.32 Å². The second kappa shape index (κ2) is 9.82. The molecule has 0 fully saturated rings. The van der Waals surface area contributed by atoms with Crippen molar-refractivity contribution < 1.29 is 9.34 Å². The van der Waals surface area contributed by atoms with Crippen molar-refractivity contribution in [3.05, 3.63) is 51.9 Å². The fraction of sp³-hybridized carbons (Fsp3) is 0.429. The summed E-state index contributed by atoms with van der Waals surface area (Å²) in [5.74, 6) is 0.837. The molecule has 0 saturated carbocycles. The van der Waals surface area contributed by atoms with Crippen LogP contribution >= 0.6 is 0 Å². The molecule has 7 heteroatoms. The molecule has 0 amide bonds. The number of benzene rings is 2. The van der Waals surface area contributed by atoms with Crippen molar-refractivity contribution in [1.29, 1.82) is 0 Å². The molecule has 1 aromatic carbocycles. The Kier molecular flexibility index (Phi) is 7.49. The Balaban J connectivity index is 0.000000640. The Labute approximate surface area is 165 Å². The average molecular weight is 385 g/mol. The Bertz CT molecular complexity index is 967. The van der Waals surface area contributed by atoms with E-state index in [-0.39, 0.29) is 0 Å². The molecule has 150 valence electrons. The maximum Gasteiger partial charge on any atom is 0.203 e. The summed E-state index contributed by atoms with van der Waals surface area (Å²) in [4.78, 5) is 15.4. The van der Waals surface area contributed by atoms with E-state index in [4.69, 9.17) is 19.5 Å². The number of fused-ring (bicyclic) bond motifs is 2. The van der Waals surface area contributed by atoms with Crippen LogP contribution in [0.2, 0.25) is 0 Å². The van der Waals surface area contributed by atoms with Crippen molar-refractivity contribution in [2.75, 3.05) is 38.1 Å². The van der Waals surface area contributed by atoms with Crippen LogP contribution in [0.3, 0.4) is 0 Å². The SMILES string of the molecule is CCN(CC)c1ccc2nc3ccc(=[N+](CC)CC)cc-3oc2c1.C[N+](=O)[O-]. The maximum atomic E-state index is 8.81. The molecule has 0 spiro atoms. The molecule has 0 unspecified atom stereocenters. The van der Waals surface area contributed by atoms with Gasteiger partial charge in [0.05, 0.1) is 6.07 Å². The molecule has 1 aliphatic heterocycles. The second-order valence-corrected chi connectivity index (χ2v) is 6.30. The van der Waals surface area contributed by atoms with Gasteiger partial charge in [-0.1, -0.05) is 0 Å². The highest BCUT2D eigenvalue weighted by Crippen LogP contribution is 2.26. The average Bonchev–Trinajstić information content (AvgIpc) is 2.67. The first kappa shape index (κ1) is 21.3. The first-order valence-electron chi connectivity index (χ1n) is 9.68. The lowest BCUT2D eigenvalue weighted by Gasteiger charge is -2.21. The summed E-state index contributed by atoms with van der Waals surface area (Å²) in [6.45, 7) is 12.6. The Hall–Kier alpha value is -2.96. The molecule has 1 aromatic rings. The Morgan fingerprint density at radius 1 is 1.04 bits per heavy atom. The third kappa shape index (κ3) is 5.06. The first-order valence-corrected chi connectivity index (χ1v) is 9.68. The molecular formula is C21H29N4O3+. The number of nitro groups is 1. The third-order valence-electron chi connectivity index (χ3n) is 4.60. The molecular weight excluding hydrogens is 356 g/mol. The van der Waals surface area contributed by atoms with Crippen LogP contribution in [0.15, 0.2) is 40.8 Å². The lowest BCUT2D eigenvalue weighted by molar-refractivity contribution is -0.445. The van der Waals surface area contributed by atoms with Crippen LogP contribution in [0.25, 0.3) is 22.6 Å². The monoisotopic (exact) mass is 385 g/mol. The van der Waals surface area contributed by atoms with Crippen LogP contribution in [0.4, 0.5) is 5.69 Å². The second-order valence-electron chi connectivity index (χ2n) is 6.30. The molecule has 0 N–H and O–H groups in total.